The van der Waals surface area contributed by atoms with Crippen LogP contribution >= 0.6 is 0 Å². The summed E-state index contributed by atoms with van der Waals surface area (Å²) in [6, 6.07) is 9.72. The molecule has 0 radical (unpaired) electrons. The van der Waals surface area contributed by atoms with E-state index in [9.17, 15) is 14.7 Å². The topological polar surface area (TPSA) is 57.6 Å². The number of likely N-dealkylation sites (tertiary alicyclic amines) is 1. The average molecular weight is 275 g/mol. The number of ketones is 1. The fraction of sp³-hybridized carbons (Fsp3) is 0.500. The molecule has 2 rings (SSSR count). The number of Topliss-reactive ketones (excluding diaryl/α,β-unsaturated/α-hetero) is 1. The molecule has 1 aliphatic heterocycles. The Morgan fingerprint density at radius 3 is 2.60 bits per heavy atom. The van der Waals surface area contributed by atoms with Crippen molar-refractivity contribution in [3.8, 4) is 0 Å². The molecule has 0 aromatic heterocycles. The van der Waals surface area contributed by atoms with Gasteiger partial charge in [0.1, 0.15) is 5.41 Å². The van der Waals surface area contributed by atoms with Crippen LogP contribution in [0.25, 0.3) is 0 Å². The summed E-state index contributed by atoms with van der Waals surface area (Å²) in [7, 11) is 0. The second kappa shape index (κ2) is 5.75. The van der Waals surface area contributed by atoms with Crippen molar-refractivity contribution in [3.63, 3.8) is 0 Å². The maximum atomic E-state index is 12.1. The lowest BCUT2D eigenvalue weighted by Gasteiger charge is -2.44. The predicted octanol–water partition coefficient (Wildman–Crippen LogP) is 2.33. The summed E-state index contributed by atoms with van der Waals surface area (Å²) in [5, 5.41) is 9.51. The highest BCUT2D eigenvalue weighted by Gasteiger charge is 2.51. The number of benzene rings is 1. The molecule has 0 bridgehead atoms. The molecule has 4 heteroatoms. The van der Waals surface area contributed by atoms with Crippen molar-refractivity contribution in [2.24, 2.45) is 5.41 Å². The second-order valence-corrected chi connectivity index (χ2v) is 5.56. The highest BCUT2D eigenvalue weighted by Crippen LogP contribution is 2.35. The van der Waals surface area contributed by atoms with Crippen molar-refractivity contribution in [2.45, 2.75) is 39.3 Å². The smallest absolute Gasteiger partial charge is 0.318 e. The summed E-state index contributed by atoms with van der Waals surface area (Å²) in [4.78, 5) is 25.9. The number of hydrogen-bond donors (Lipinski definition) is 1. The number of rotatable bonds is 4. The minimum atomic E-state index is -1.29. The van der Waals surface area contributed by atoms with Gasteiger partial charge in [-0.3, -0.25) is 14.5 Å². The number of carboxylic acid groups (broad SMARTS) is 1. The van der Waals surface area contributed by atoms with E-state index in [1.54, 1.807) is 6.92 Å². The molecular weight excluding hydrogens is 254 g/mol. The summed E-state index contributed by atoms with van der Waals surface area (Å²) >= 11 is 0. The van der Waals surface area contributed by atoms with E-state index >= 15 is 0 Å². The Balaban J connectivity index is 2.26. The van der Waals surface area contributed by atoms with Gasteiger partial charge in [0, 0.05) is 25.6 Å². The summed E-state index contributed by atoms with van der Waals surface area (Å²) in [6.07, 6.45) is 0.966. The molecule has 1 aromatic rings. The SMILES string of the molecule is CCC1N(Cc2ccccc2)CCC(=O)C1(C)C(=O)O. The number of aliphatic carboxylic acids is 1. The van der Waals surface area contributed by atoms with Gasteiger partial charge >= 0.3 is 5.97 Å². The lowest BCUT2D eigenvalue weighted by atomic mass is 9.72. The van der Waals surface area contributed by atoms with Crippen molar-refractivity contribution in [1.82, 2.24) is 4.90 Å². The lowest BCUT2D eigenvalue weighted by Crippen LogP contribution is -2.58. The highest BCUT2D eigenvalue weighted by atomic mass is 16.4. The van der Waals surface area contributed by atoms with Gasteiger partial charge in [-0.1, -0.05) is 37.3 Å². The fourth-order valence-electron chi connectivity index (χ4n) is 3.15. The normalized spacial score (nSPS) is 27.5. The van der Waals surface area contributed by atoms with Crippen molar-refractivity contribution in [2.75, 3.05) is 6.54 Å². The van der Waals surface area contributed by atoms with Gasteiger partial charge in [0.2, 0.25) is 0 Å². The highest BCUT2D eigenvalue weighted by molar-refractivity contribution is 6.04. The largest absolute Gasteiger partial charge is 0.480 e. The van der Waals surface area contributed by atoms with Crippen molar-refractivity contribution >= 4 is 11.8 Å². The Bertz CT molecular complexity index is 500. The van der Waals surface area contributed by atoms with Gasteiger partial charge < -0.3 is 5.11 Å². The van der Waals surface area contributed by atoms with E-state index in [1.807, 2.05) is 37.3 Å². The third-order valence-electron chi connectivity index (χ3n) is 4.37. The van der Waals surface area contributed by atoms with Crippen molar-refractivity contribution in [3.05, 3.63) is 35.9 Å². The van der Waals surface area contributed by atoms with Crippen LogP contribution < -0.4 is 0 Å². The van der Waals surface area contributed by atoms with E-state index in [-0.39, 0.29) is 11.8 Å². The first-order valence-electron chi connectivity index (χ1n) is 7.04. The van der Waals surface area contributed by atoms with Gasteiger partial charge in [-0.25, -0.2) is 0 Å². The molecular formula is C16H21NO3. The molecule has 1 N–H and O–H groups in total. The molecule has 1 fully saturated rings. The van der Waals surface area contributed by atoms with E-state index in [0.717, 1.165) is 5.56 Å². The molecule has 1 saturated heterocycles. The van der Waals surface area contributed by atoms with Crippen LogP contribution in [0.15, 0.2) is 30.3 Å². The molecule has 1 aliphatic rings. The van der Waals surface area contributed by atoms with Crippen LogP contribution in [-0.4, -0.2) is 34.3 Å². The van der Waals surface area contributed by atoms with Crippen LogP contribution in [0, 0.1) is 5.41 Å². The molecule has 1 heterocycles. The van der Waals surface area contributed by atoms with Gasteiger partial charge in [0.05, 0.1) is 0 Å². The van der Waals surface area contributed by atoms with Crippen LogP contribution in [0.1, 0.15) is 32.3 Å². The maximum Gasteiger partial charge on any atom is 0.318 e. The summed E-state index contributed by atoms with van der Waals surface area (Å²) < 4.78 is 0. The van der Waals surface area contributed by atoms with Gasteiger partial charge in [-0.15, -0.1) is 0 Å². The first-order chi connectivity index (χ1) is 9.50. The van der Waals surface area contributed by atoms with Gasteiger partial charge in [-0.05, 0) is 18.9 Å². The molecule has 0 amide bonds. The number of carbonyl (C=O) groups is 2. The number of carbonyl (C=O) groups excluding carboxylic acids is 1. The first kappa shape index (κ1) is 14.7. The van der Waals surface area contributed by atoms with E-state index in [1.165, 1.54) is 0 Å². The van der Waals surface area contributed by atoms with Crippen molar-refractivity contribution in [1.29, 1.82) is 0 Å². The quantitative estimate of drug-likeness (QED) is 0.857. The van der Waals surface area contributed by atoms with E-state index < -0.39 is 11.4 Å². The summed E-state index contributed by atoms with van der Waals surface area (Å²) in [5.41, 5.74) is -0.144. The zero-order valence-corrected chi connectivity index (χ0v) is 12.0. The van der Waals surface area contributed by atoms with E-state index in [0.29, 0.717) is 25.9 Å². The maximum absolute atomic E-state index is 12.1. The number of nitrogens with zero attached hydrogens (tertiary/aromatic N) is 1. The molecule has 20 heavy (non-hydrogen) atoms. The average Bonchev–Trinajstić information content (AvgIpc) is 2.44. The molecule has 4 nitrogen and oxygen atoms in total. The molecule has 2 unspecified atom stereocenters. The predicted molar refractivity (Wildman–Crippen MR) is 76.3 cm³/mol. The van der Waals surface area contributed by atoms with Gasteiger partial charge in [0.25, 0.3) is 0 Å². The fourth-order valence-corrected chi connectivity index (χ4v) is 3.15. The molecule has 0 spiro atoms. The second-order valence-electron chi connectivity index (χ2n) is 5.56. The number of carboxylic acids is 1. The van der Waals surface area contributed by atoms with E-state index in [4.69, 9.17) is 0 Å². The molecule has 0 saturated carbocycles. The van der Waals surface area contributed by atoms with Gasteiger partial charge in [0.15, 0.2) is 5.78 Å². The lowest BCUT2D eigenvalue weighted by molar-refractivity contribution is -0.163. The van der Waals surface area contributed by atoms with Crippen LogP contribution in [0.4, 0.5) is 0 Å². The Kier molecular flexibility index (Phi) is 4.23. The standard InChI is InChI=1S/C16H21NO3/c1-3-13-16(2,15(19)20)14(18)9-10-17(13)11-12-7-5-4-6-8-12/h4-8,13H,3,9-11H2,1-2H3,(H,19,20). The summed E-state index contributed by atoms with van der Waals surface area (Å²) in [5.74, 6) is -1.16. The zero-order valence-electron chi connectivity index (χ0n) is 12.0. The molecule has 2 atom stereocenters. The Morgan fingerprint density at radius 1 is 1.40 bits per heavy atom. The zero-order chi connectivity index (χ0) is 14.8. The van der Waals surface area contributed by atoms with Crippen molar-refractivity contribution < 1.29 is 14.7 Å². The van der Waals surface area contributed by atoms with Crippen LogP contribution in [-0.2, 0) is 16.1 Å². The van der Waals surface area contributed by atoms with Crippen LogP contribution in [0.2, 0.25) is 0 Å². The molecule has 0 aliphatic carbocycles. The van der Waals surface area contributed by atoms with Crippen LogP contribution in [0.5, 0.6) is 0 Å². The monoisotopic (exact) mass is 275 g/mol. The van der Waals surface area contributed by atoms with Crippen LogP contribution in [0.3, 0.4) is 0 Å². The summed E-state index contributed by atoms with van der Waals surface area (Å²) in [6.45, 7) is 4.84. The number of piperidine rings is 1. The van der Waals surface area contributed by atoms with E-state index in [2.05, 4.69) is 4.90 Å². The van der Waals surface area contributed by atoms with Gasteiger partial charge in [-0.2, -0.15) is 0 Å². The first-order valence-corrected chi connectivity index (χ1v) is 7.04. The Morgan fingerprint density at radius 2 is 2.05 bits per heavy atom. The number of hydrogen-bond acceptors (Lipinski definition) is 3. The Labute approximate surface area is 119 Å². The Hall–Kier alpha value is -1.68. The minimum Gasteiger partial charge on any atom is -0.480 e. The minimum absolute atomic E-state index is 0.152. The third kappa shape index (κ3) is 2.48. The third-order valence-corrected chi connectivity index (χ3v) is 4.37. The molecule has 1 aromatic carbocycles. The molecule has 108 valence electrons.